The minimum atomic E-state index is -0.494. The van der Waals surface area contributed by atoms with Gasteiger partial charge in [0.1, 0.15) is 13.3 Å². The smallest absolute Gasteiger partial charge is 0.305 e. The van der Waals surface area contributed by atoms with E-state index in [1.54, 1.807) is 0 Å². The monoisotopic (exact) mass is 262 g/mol. The fourth-order valence-electron chi connectivity index (χ4n) is 1.67. The van der Waals surface area contributed by atoms with Crippen LogP contribution in [0.25, 0.3) is 0 Å². The van der Waals surface area contributed by atoms with E-state index in [4.69, 9.17) is 9.47 Å². The molecule has 0 saturated heterocycles. The second kappa shape index (κ2) is 14.4. The van der Waals surface area contributed by atoms with Crippen molar-refractivity contribution in [3.8, 4) is 0 Å². The summed E-state index contributed by atoms with van der Waals surface area (Å²) < 4.78 is 21.5. The molecule has 0 bridgehead atoms. The van der Waals surface area contributed by atoms with Crippen LogP contribution >= 0.6 is 0 Å². The van der Waals surface area contributed by atoms with Gasteiger partial charge in [-0.15, -0.1) is 0 Å². The Hall–Kier alpha value is -0.640. The van der Waals surface area contributed by atoms with E-state index in [-0.39, 0.29) is 25.8 Å². The van der Waals surface area contributed by atoms with E-state index < -0.39 is 6.67 Å². The molecule has 0 N–H and O–H groups in total. The molecule has 0 saturated carbocycles. The van der Waals surface area contributed by atoms with Crippen molar-refractivity contribution in [1.82, 2.24) is 0 Å². The van der Waals surface area contributed by atoms with Gasteiger partial charge in [0.2, 0.25) is 0 Å². The van der Waals surface area contributed by atoms with Gasteiger partial charge < -0.3 is 9.47 Å². The first-order valence-corrected chi connectivity index (χ1v) is 7.10. The molecular formula is C14H27FO3. The van der Waals surface area contributed by atoms with Crippen LogP contribution in [0.5, 0.6) is 0 Å². The van der Waals surface area contributed by atoms with Gasteiger partial charge in [-0.3, -0.25) is 4.79 Å². The number of rotatable bonds is 13. The number of halogens is 1. The molecule has 0 aromatic rings. The van der Waals surface area contributed by atoms with Crippen molar-refractivity contribution in [2.45, 2.75) is 58.3 Å². The summed E-state index contributed by atoms with van der Waals surface area (Å²) in [6.07, 6.45) is 8.81. The predicted molar refractivity (Wildman–Crippen MR) is 70.4 cm³/mol. The Morgan fingerprint density at radius 1 is 0.944 bits per heavy atom. The topological polar surface area (TPSA) is 35.5 Å². The molecule has 0 rings (SSSR count). The predicted octanol–water partition coefficient (Wildman–Crippen LogP) is 3.66. The molecular weight excluding hydrogens is 235 g/mol. The Morgan fingerprint density at radius 3 is 2.28 bits per heavy atom. The maximum atomic E-state index is 11.7. The molecule has 4 heteroatoms. The van der Waals surface area contributed by atoms with E-state index in [1.807, 2.05) is 0 Å². The second-order valence-electron chi connectivity index (χ2n) is 4.39. The Labute approximate surface area is 110 Å². The maximum absolute atomic E-state index is 11.7. The quantitative estimate of drug-likeness (QED) is 0.375. The molecule has 0 aliphatic heterocycles. The molecule has 0 heterocycles. The van der Waals surface area contributed by atoms with Crippen LogP contribution in [0.15, 0.2) is 0 Å². The highest BCUT2D eigenvalue weighted by molar-refractivity contribution is 5.69. The highest BCUT2D eigenvalue weighted by Crippen LogP contribution is 2.08. The second-order valence-corrected chi connectivity index (χ2v) is 4.39. The number of esters is 1. The normalized spacial score (nSPS) is 10.6. The molecule has 0 amide bonds. The number of ether oxygens (including phenoxy) is 2. The highest BCUT2D eigenvalue weighted by Gasteiger charge is 2.02. The van der Waals surface area contributed by atoms with Crippen molar-refractivity contribution >= 4 is 5.97 Å². The Kier molecular flexibility index (Phi) is 13.9. The van der Waals surface area contributed by atoms with E-state index in [1.165, 1.54) is 32.1 Å². The van der Waals surface area contributed by atoms with Crippen LogP contribution in [0.1, 0.15) is 58.3 Å². The molecule has 0 radical (unpaired) electrons. The third-order valence-electron chi connectivity index (χ3n) is 2.70. The van der Waals surface area contributed by atoms with Gasteiger partial charge in [-0.05, 0) is 6.42 Å². The molecule has 0 aliphatic rings. The zero-order valence-electron chi connectivity index (χ0n) is 11.6. The van der Waals surface area contributed by atoms with Crippen molar-refractivity contribution in [3.05, 3.63) is 0 Å². The fraction of sp³-hybridized carbons (Fsp3) is 0.929. The van der Waals surface area contributed by atoms with Gasteiger partial charge in [0.25, 0.3) is 0 Å². The first kappa shape index (κ1) is 17.4. The van der Waals surface area contributed by atoms with Gasteiger partial charge in [-0.1, -0.05) is 45.4 Å². The van der Waals surface area contributed by atoms with Gasteiger partial charge in [-0.25, -0.2) is 4.39 Å². The van der Waals surface area contributed by atoms with Gasteiger partial charge in [0.15, 0.2) is 0 Å². The average Bonchev–Trinajstić information content (AvgIpc) is 2.37. The molecule has 0 aromatic carbocycles. The standard InChI is InChI=1S/C14H27FO3/c1-2-3-4-5-6-7-8-9-14(16)18-13-12-17-11-10-15/h2-13H2,1H3. The van der Waals surface area contributed by atoms with E-state index in [0.717, 1.165) is 12.8 Å². The third-order valence-corrected chi connectivity index (χ3v) is 2.70. The van der Waals surface area contributed by atoms with Crippen molar-refractivity contribution < 1.29 is 18.7 Å². The zero-order valence-corrected chi connectivity index (χ0v) is 11.6. The summed E-state index contributed by atoms with van der Waals surface area (Å²) in [4.78, 5) is 11.3. The lowest BCUT2D eigenvalue weighted by Crippen LogP contribution is -2.11. The highest BCUT2D eigenvalue weighted by atomic mass is 19.1. The minimum Gasteiger partial charge on any atom is -0.463 e. The van der Waals surface area contributed by atoms with Gasteiger partial charge in [0, 0.05) is 6.42 Å². The lowest BCUT2D eigenvalue weighted by molar-refractivity contribution is -0.145. The van der Waals surface area contributed by atoms with Gasteiger partial charge >= 0.3 is 5.97 Å². The maximum Gasteiger partial charge on any atom is 0.305 e. The summed E-state index contributed by atoms with van der Waals surface area (Å²) in [6, 6.07) is 0. The van der Waals surface area contributed by atoms with Crippen molar-refractivity contribution in [1.29, 1.82) is 0 Å². The number of alkyl halides is 1. The molecule has 108 valence electrons. The molecule has 0 atom stereocenters. The summed E-state index contributed by atoms with van der Waals surface area (Å²) in [5.41, 5.74) is 0. The van der Waals surface area contributed by atoms with Crippen molar-refractivity contribution in [2.75, 3.05) is 26.5 Å². The Balaban J connectivity index is 3.12. The van der Waals surface area contributed by atoms with Crippen LogP contribution in [0.3, 0.4) is 0 Å². The average molecular weight is 262 g/mol. The number of carbonyl (C=O) groups is 1. The van der Waals surface area contributed by atoms with Gasteiger partial charge in [-0.2, -0.15) is 0 Å². The number of carbonyl (C=O) groups excluding carboxylic acids is 1. The van der Waals surface area contributed by atoms with Crippen molar-refractivity contribution in [2.24, 2.45) is 0 Å². The van der Waals surface area contributed by atoms with Crippen LogP contribution in [-0.4, -0.2) is 32.5 Å². The SMILES string of the molecule is CCCCCCCCCC(=O)OCCOCCF. The molecule has 18 heavy (non-hydrogen) atoms. The van der Waals surface area contributed by atoms with Crippen LogP contribution in [0.4, 0.5) is 4.39 Å². The van der Waals surface area contributed by atoms with Crippen molar-refractivity contribution in [3.63, 3.8) is 0 Å². The first-order valence-electron chi connectivity index (χ1n) is 7.10. The molecule has 0 aliphatic carbocycles. The van der Waals surface area contributed by atoms with E-state index in [2.05, 4.69) is 6.92 Å². The van der Waals surface area contributed by atoms with Crippen LogP contribution in [-0.2, 0) is 14.3 Å². The molecule has 0 spiro atoms. The van der Waals surface area contributed by atoms with E-state index in [9.17, 15) is 9.18 Å². The summed E-state index contributed by atoms with van der Waals surface area (Å²) >= 11 is 0. The number of hydrogen-bond donors (Lipinski definition) is 0. The summed E-state index contributed by atoms with van der Waals surface area (Å²) in [7, 11) is 0. The Morgan fingerprint density at radius 2 is 1.61 bits per heavy atom. The third kappa shape index (κ3) is 13.4. The molecule has 0 aromatic heterocycles. The first-order chi connectivity index (χ1) is 8.81. The molecule has 0 unspecified atom stereocenters. The van der Waals surface area contributed by atoms with Crippen LogP contribution in [0, 0.1) is 0 Å². The minimum absolute atomic E-state index is 0.0787. The van der Waals surface area contributed by atoms with E-state index in [0.29, 0.717) is 6.42 Å². The molecule has 3 nitrogen and oxygen atoms in total. The lowest BCUT2D eigenvalue weighted by atomic mass is 10.1. The lowest BCUT2D eigenvalue weighted by Gasteiger charge is -2.05. The zero-order chi connectivity index (χ0) is 13.5. The van der Waals surface area contributed by atoms with Gasteiger partial charge in [0.05, 0.1) is 13.2 Å². The molecule has 0 fully saturated rings. The largest absolute Gasteiger partial charge is 0.463 e. The summed E-state index contributed by atoms with van der Waals surface area (Å²) in [5.74, 6) is -0.174. The fourth-order valence-corrected chi connectivity index (χ4v) is 1.67. The van der Waals surface area contributed by atoms with Crippen LogP contribution in [0.2, 0.25) is 0 Å². The Bertz CT molecular complexity index is 186. The summed E-state index contributed by atoms with van der Waals surface area (Å²) in [6.45, 7) is 2.30. The van der Waals surface area contributed by atoms with E-state index >= 15 is 0 Å². The van der Waals surface area contributed by atoms with Crippen LogP contribution < -0.4 is 0 Å². The number of unbranched alkanes of at least 4 members (excludes halogenated alkanes) is 6. The number of hydrogen-bond acceptors (Lipinski definition) is 3. The summed E-state index contributed by atoms with van der Waals surface area (Å²) in [5, 5.41) is 0.